The molecule has 1 aromatic carbocycles. The van der Waals surface area contributed by atoms with Crippen LogP contribution in [0.4, 0.5) is 5.95 Å². The Labute approximate surface area is 113 Å². The molecule has 0 amide bonds. The van der Waals surface area contributed by atoms with E-state index in [4.69, 9.17) is 17.3 Å². The SMILES string of the molecule is Nc1n[nH]c(-c2nc3ccc(Cl)cc3n2C2CC2)n1. The van der Waals surface area contributed by atoms with Crippen molar-refractivity contribution >= 4 is 28.6 Å². The molecule has 0 spiro atoms. The fourth-order valence-corrected chi connectivity index (χ4v) is 2.48. The monoisotopic (exact) mass is 274 g/mol. The van der Waals surface area contributed by atoms with Gasteiger partial charge in [0.2, 0.25) is 5.95 Å². The van der Waals surface area contributed by atoms with E-state index in [2.05, 4.69) is 24.7 Å². The smallest absolute Gasteiger partial charge is 0.239 e. The van der Waals surface area contributed by atoms with Crippen LogP contribution in [-0.2, 0) is 0 Å². The number of aromatic nitrogens is 5. The average Bonchev–Trinajstić information content (AvgIpc) is 3.02. The van der Waals surface area contributed by atoms with Crippen molar-refractivity contribution < 1.29 is 0 Å². The van der Waals surface area contributed by atoms with Gasteiger partial charge in [-0.05, 0) is 31.0 Å². The van der Waals surface area contributed by atoms with E-state index < -0.39 is 0 Å². The zero-order valence-corrected chi connectivity index (χ0v) is 10.7. The highest BCUT2D eigenvalue weighted by atomic mass is 35.5. The molecule has 96 valence electrons. The third kappa shape index (κ3) is 1.67. The predicted octanol–water partition coefficient (Wildman–Crippen LogP) is 2.39. The van der Waals surface area contributed by atoms with Crippen LogP contribution in [0.5, 0.6) is 0 Å². The third-order valence-corrected chi connectivity index (χ3v) is 3.51. The first-order valence-electron chi connectivity index (χ1n) is 6.08. The molecule has 4 rings (SSSR count). The third-order valence-electron chi connectivity index (χ3n) is 3.28. The molecule has 1 aliphatic carbocycles. The highest BCUT2D eigenvalue weighted by Gasteiger charge is 2.29. The topological polar surface area (TPSA) is 85.4 Å². The lowest BCUT2D eigenvalue weighted by Gasteiger charge is -2.05. The van der Waals surface area contributed by atoms with E-state index >= 15 is 0 Å². The Morgan fingerprint density at radius 3 is 2.84 bits per heavy atom. The lowest BCUT2D eigenvalue weighted by molar-refractivity contribution is 0.769. The molecule has 19 heavy (non-hydrogen) atoms. The summed E-state index contributed by atoms with van der Waals surface area (Å²) in [6.07, 6.45) is 2.29. The summed E-state index contributed by atoms with van der Waals surface area (Å²) in [7, 11) is 0. The number of nitrogens with one attached hydrogen (secondary N) is 1. The van der Waals surface area contributed by atoms with Gasteiger partial charge in [0.15, 0.2) is 11.6 Å². The van der Waals surface area contributed by atoms with E-state index in [-0.39, 0.29) is 5.95 Å². The lowest BCUT2D eigenvalue weighted by atomic mass is 10.3. The summed E-state index contributed by atoms with van der Waals surface area (Å²) in [5, 5.41) is 7.39. The van der Waals surface area contributed by atoms with Gasteiger partial charge < -0.3 is 10.3 Å². The molecule has 0 bridgehead atoms. The quantitative estimate of drug-likeness (QED) is 0.751. The number of nitrogens with zero attached hydrogens (tertiary/aromatic N) is 4. The number of anilines is 1. The fraction of sp³-hybridized carbons (Fsp3) is 0.250. The first kappa shape index (κ1) is 10.8. The number of aromatic amines is 1. The number of H-pyrrole nitrogens is 1. The van der Waals surface area contributed by atoms with Gasteiger partial charge >= 0.3 is 0 Å². The standard InChI is InChI=1S/C12H11ClN6/c13-6-1-4-8-9(5-6)19(7-2-3-7)11(15-8)10-16-12(14)18-17-10/h1,4-5,7H,2-3H2,(H3,14,16,17,18). The van der Waals surface area contributed by atoms with E-state index in [1.807, 2.05) is 18.2 Å². The van der Waals surface area contributed by atoms with Crippen LogP contribution in [0.1, 0.15) is 18.9 Å². The summed E-state index contributed by atoms with van der Waals surface area (Å²) in [6.45, 7) is 0. The van der Waals surface area contributed by atoms with Crippen LogP contribution in [0, 0.1) is 0 Å². The summed E-state index contributed by atoms with van der Waals surface area (Å²) < 4.78 is 2.17. The number of hydrogen-bond donors (Lipinski definition) is 2. The van der Waals surface area contributed by atoms with Crippen LogP contribution in [0.15, 0.2) is 18.2 Å². The van der Waals surface area contributed by atoms with Crippen LogP contribution in [0.3, 0.4) is 0 Å². The van der Waals surface area contributed by atoms with Crippen molar-refractivity contribution in [1.82, 2.24) is 24.7 Å². The molecule has 2 aromatic heterocycles. The fourth-order valence-electron chi connectivity index (χ4n) is 2.31. The average molecular weight is 275 g/mol. The van der Waals surface area contributed by atoms with Crippen molar-refractivity contribution in [2.45, 2.75) is 18.9 Å². The Balaban J connectivity index is 2.01. The summed E-state index contributed by atoms with van der Waals surface area (Å²) in [5.74, 6) is 1.59. The number of nitrogen functional groups attached to an aromatic ring is 1. The Hall–Kier alpha value is -2.08. The molecule has 3 N–H and O–H groups in total. The summed E-state index contributed by atoms with van der Waals surface area (Å²) >= 11 is 6.08. The molecular weight excluding hydrogens is 264 g/mol. The maximum absolute atomic E-state index is 6.08. The van der Waals surface area contributed by atoms with Gasteiger partial charge in [-0.1, -0.05) is 11.6 Å². The van der Waals surface area contributed by atoms with Crippen LogP contribution in [-0.4, -0.2) is 24.7 Å². The van der Waals surface area contributed by atoms with Crippen molar-refractivity contribution in [3.63, 3.8) is 0 Å². The molecular formula is C12H11ClN6. The molecule has 0 atom stereocenters. The Morgan fingerprint density at radius 1 is 1.32 bits per heavy atom. The van der Waals surface area contributed by atoms with Crippen molar-refractivity contribution in [2.75, 3.05) is 5.73 Å². The van der Waals surface area contributed by atoms with Gasteiger partial charge in [0, 0.05) is 11.1 Å². The number of hydrogen-bond acceptors (Lipinski definition) is 4. The summed E-state index contributed by atoms with van der Waals surface area (Å²) in [5.41, 5.74) is 7.50. The first-order chi connectivity index (χ1) is 9.22. The molecule has 6 nitrogen and oxygen atoms in total. The Morgan fingerprint density at radius 2 is 2.16 bits per heavy atom. The molecule has 0 unspecified atom stereocenters. The molecule has 2 heterocycles. The summed E-state index contributed by atoms with van der Waals surface area (Å²) in [4.78, 5) is 8.78. The van der Waals surface area contributed by atoms with Gasteiger partial charge in [0.25, 0.3) is 0 Å². The number of fused-ring (bicyclic) bond motifs is 1. The van der Waals surface area contributed by atoms with Crippen molar-refractivity contribution in [2.24, 2.45) is 0 Å². The van der Waals surface area contributed by atoms with E-state index in [0.29, 0.717) is 16.9 Å². The van der Waals surface area contributed by atoms with E-state index in [0.717, 1.165) is 29.7 Å². The predicted molar refractivity (Wildman–Crippen MR) is 72.8 cm³/mol. The highest BCUT2D eigenvalue weighted by Crippen LogP contribution is 2.41. The van der Waals surface area contributed by atoms with Crippen LogP contribution >= 0.6 is 11.6 Å². The number of imidazole rings is 1. The number of nitrogens with two attached hydrogens (primary N) is 1. The molecule has 3 aromatic rings. The Kier molecular flexibility index (Phi) is 2.11. The van der Waals surface area contributed by atoms with E-state index in [9.17, 15) is 0 Å². The second-order valence-corrected chi connectivity index (χ2v) is 5.15. The van der Waals surface area contributed by atoms with E-state index in [1.165, 1.54) is 0 Å². The van der Waals surface area contributed by atoms with Crippen molar-refractivity contribution in [3.05, 3.63) is 23.2 Å². The van der Waals surface area contributed by atoms with Crippen molar-refractivity contribution in [1.29, 1.82) is 0 Å². The minimum absolute atomic E-state index is 0.224. The zero-order valence-electron chi connectivity index (χ0n) is 9.97. The van der Waals surface area contributed by atoms with Crippen LogP contribution in [0.25, 0.3) is 22.7 Å². The van der Waals surface area contributed by atoms with Crippen LogP contribution in [0.2, 0.25) is 5.02 Å². The number of rotatable bonds is 2. The second-order valence-electron chi connectivity index (χ2n) is 4.71. The number of halogens is 1. The van der Waals surface area contributed by atoms with Gasteiger partial charge in [-0.3, -0.25) is 5.10 Å². The highest BCUT2D eigenvalue weighted by molar-refractivity contribution is 6.31. The molecule has 1 fully saturated rings. The Bertz CT molecular complexity index is 770. The minimum Gasteiger partial charge on any atom is -0.366 e. The van der Waals surface area contributed by atoms with Gasteiger partial charge in [-0.2, -0.15) is 4.98 Å². The van der Waals surface area contributed by atoms with Gasteiger partial charge in [-0.25, -0.2) is 4.98 Å². The first-order valence-corrected chi connectivity index (χ1v) is 6.46. The summed E-state index contributed by atoms with van der Waals surface area (Å²) in [6, 6.07) is 6.16. The maximum Gasteiger partial charge on any atom is 0.239 e. The van der Waals surface area contributed by atoms with Crippen molar-refractivity contribution in [3.8, 4) is 11.6 Å². The minimum atomic E-state index is 0.224. The maximum atomic E-state index is 6.08. The van der Waals surface area contributed by atoms with Gasteiger partial charge in [0.1, 0.15) is 0 Å². The van der Waals surface area contributed by atoms with E-state index in [1.54, 1.807) is 0 Å². The molecule has 0 aliphatic heterocycles. The van der Waals surface area contributed by atoms with Gasteiger partial charge in [0.05, 0.1) is 11.0 Å². The molecule has 1 saturated carbocycles. The second kappa shape index (κ2) is 3.71. The van der Waals surface area contributed by atoms with Gasteiger partial charge in [-0.15, -0.1) is 5.10 Å². The normalized spacial score (nSPS) is 15.2. The molecule has 0 saturated heterocycles. The zero-order chi connectivity index (χ0) is 13.0. The molecule has 7 heteroatoms. The molecule has 0 radical (unpaired) electrons. The lowest BCUT2D eigenvalue weighted by Crippen LogP contribution is -1.98. The molecule has 1 aliphatic rings. The number of benzene rings is 1. The largest absolute Gasteiger partial charge is 0.366 e. The van der Waals surface area contributed by atoms with Crippen LogP contribution < -0.4 is 5.73 Å².